The lowest BCUT2D eigenvalue weighted by Gasteiger charge is -2.43. The Labute approximate surface area is 127 Å². The molecule has 0 aromatic heterocycles. The summed E-state index contributed by atoms with van der Waals surface area (Å²) in [5.74, 6) is 0.229. The van der Waals surface area contributed by atoms with E-state index in [1.807, 2.05) is 24.3 Å². The molecule has 1 aromatic carbocycles. The number of carbonyl (C=O) groups is 1. The van der Waals surface area contributed by atoms with Gasteiger partial charge in [-0.05, 0) is 50.3 Å². The van der Waals surface area contributed by atoms with Gasteiger partial charge in [0.2, 0.25) is 5.91 Å². The van der Waals surface area contributed by atoms with Crippen LogP contribution in [0.4, 0.5) is 0 Å². The van der Waals surface area contributed by atoms with Crippen molar-refractivity contribution in [1.82, 2.24) is 5.32 Å². The fourth-order valence-corrected chi connectivity index (χ4v) is 3.44. The Morgan fingerprint density at radius 3 is 2.40 bits per heavy atom. The maximum atomic E-state index is 12.3. The van der Waals surface area contributed by atoms with Gasteiger partial charge in [0, 0.05) is 4.32 Å². The number of hydrogen-bond donors (Lipinski definition) is 1. The van der Waals surface area contributed by atoms with Crippen LogP contribution in [0.25, 0.3) is 0 Å². The van der Waals surface area contributed by atoms with Crippen LogP contribution in [0.5, 0.6) is 0 Å². The summed E-state index contributed by atoms with van der Waals surface area (Å²) >= 11 is 3.58. The Morgan fingerprint density at radius 1 is 1.40 bits per heavy atom. The van der Waals surface area contributed by atoms with Gasteiger partial charge in [-0.25, -0.2) is 0 Å². The number of rotatable bonds is 3. The van der Waals surface area contributed by atoms with Crippen LogP contribution in [0.15, 0.2) is 24.3 Å². The highest BCUT2D eigenvalue weighted by Crippen LogP contribution is 2.52. The third-order valence-corrected chi connectivity index (χ3v) is 5.50. The van der Waals surface area contributed by atoms with Gasteiger partial charge >= 0.3 is 0 Å². The van der Waals surface area contributed by atoms with Gasteiger partial charge in [0.15, 0.2) is 0 Å². The first-order valence-electron chi connectivity index (χ1n) is 6.98. The largest absolute Gasteiger partial charge is 0.346 e. The van der Waals surface area contributed by atoms with E-state index in [0.29, 0.717) is 5.56 Å². The van der Waals surface area contributed by atoms with Crippen molar-refractivity contribution in [1.29, 1.82) is 5.26 Å². The van der Waals surface area contributed by atoms with E-state index in [0.717, 1.165) is 31.2 Å². The summed E-state index contributed by atoms with van der Waals surface area (Å²) in [7, 11) is 0. The Kier molecular flexibility index (Phi) is 3.13. The fourth-order valence-electron chi connectivity index (χ4n) is 2.91. The van der Waals surface area contributed by atoms with E-state index in [1.165, 1.54) is 0 Å². The standard InChI is InChI=1S/C16H17BrN2O/c1-15(17)9-13(15)14(20)19-16(7-2-8-16)12-5-3-11(10-18)4-6-12/h3-6,13H,2,7-9H2,1H3,(H,19,20). The maximum Gasteiger partial charge on any atom is 0.225 e. The zero-order valence-corrected chi connectivity index (χ0v) is 13.0. The van der Waals surface area contributed by atoms with Gasteiger partial charge in [-0.15, -0.1) is 0 Å². The molecule has 2 saturated carbocycles. The molecule has 0 radical (unpaired) electrons. The van der Waals surface area contributed by atoms with Gasteiger partial charge in [-0.2, -0.15) is 5.26 Å². The second-order valence-electron chi connectivity index (χ2n) is 6.15. The molecule has 2 aliphatic carbocycles. The zero-order chi connectivity index (χ0) is 14.4. The van der Waals surface area contributed by atoms with Crippen molar-refractivity contribution in [3.63, 3.8) is 0 Å². The zero-order valence-electron chi connectivity index (χ0n) is 11.4. The Morgan fingerprint density at radius 2 is 2.00 bits per heavy atom. The molecule has 0 aliphatic heterocycles. The summed E-state index contributed by atoms with van der Waals surface area (Å²) < 4.78 is -0.0211. The first kappa shape index (κ1) is 13.6. The van der Waals surface area contributed by atoms with E-state index in [1.54, 1.807) is 0 Å². The van der Waals surface area contributed by atoms with Gasteiger partial charge in [-0.1, -0.05) is 28.1 Å². The van der Waals surface area contributed by atoms with Crippen LogP contribution in [0.1, 0.15) is 43.7 Å². The number of hydrogen-bond acceptors (Lipinski definition) is 2. The summed E-state index contributed by atoms with van der Waals surface area (Å²) in [6, 6.07) is 9.72. The Balaban J connectivity index is 1.77. The SMILES string of the molecule is CC1(Br)CC1C(=O)NC1(c2ccc(C#N)cc2)CCC1. The third-order valence-electron chi connectivity index (χ3n) is 4.62. The molecule has 0 saturated heterocycles. The minimum absolute atomic E-state index is 0.0211. The Bertz CT molecular complexity index is 581. The molecule has 2 atom stereocenters. The van der Waals surface area contributed by atoms with Crippen LogP contribution in [0.2, 0.25) is 0 Å². The molecule has 2 aliphatic rings. The second kappa shape index (κ2) is 4.60. The van der Waals surface area contributed by atoms with E-state index in [9.17, 15) is 4.79 Å². The summed E-state index contributed by atoms with van der Waals surface area (Å²) in [5, 5.41) is 12.1. The van der Waals surface area contributed by atoms with E-state index < -0.39 is 0 Å². The average molecular weight is 333 g/mol. The molecule has 1 aromatic rings. The highest BCUT2D eigenvalue weighted by molar-refractivity contribution is 9.10. The lowest BCUT2D eigenvalue weighted by Crippen LogP contribution is -2.51. The summed E-state index contributed by atoms with van der Waals surface area (Å²) in [6.07, 6.45) is 4.01. The summed E-state index contributed by atoms with van der Waals surface area (Å²) in [5.41, 5.74) is 1.56. The lowest BCUT2D eigenvalue weighted by molar-refractivity contribution is -0.125. The number of alkyl halides is 1. The molecule has 104 valence electrons. The lowest BCUT2D eigenvalue weighted by atomic mass is 9.71. The van der Waals surface area contributed by atoms with Crippen molar-refractivity contribution < 1.29 is 4.79 Å². The normalized spacial score (nSPS) is 29.9. The van der Waals surface area contributed by atoms with Crippen molar-refractivity contribution in [3.8, 4) is 6.07 Å². The Hall–Kier alpha value is -1.34. The van der Waals surface area contributed by atoms with Crippen molar-refractivity contribution in [2.75, 3.05) is 0 Å². The number of nitriles is 1. The number of halogens is 1. The van der Waals surface area contributed by atoms with E-state index >= 15 is 0 Å². The molecule has 1 amide bonds. The first-order chi connectivity index (χ1) is 9.47. The van der Waals surface area contributed by atoms with Crippen molar-refractivity contribution in [2.24, 2.45) is 5.92 Å². The highest BCUT2D eigenvalue weighted by Gasteiger charge is 2.54. The molecule has 0 heterocycles. The quantitative estimate of drug-likeness (QED) is 0.864. The third kappa shape index (κ3) is 2.25. The number of nitrogens with one attached hydrogen (secondary N) is 1. The molecule has 0 bridgehead atoms. The molecule has 3 nitrogen and oxygen atoms in total. The van der Waals surface area contributed by atoms with Crippen LogP contribution in [0.3, 0.4) is 0 Å². The van der Waals surface area contributed by atoms with Crippen molar-refractivity contribution in [2.45, 2.75) is 42.5 Å². The molecule has 2 fully saturated rings. The minimum Gasteiger partial charge on any atom is -0.346 e. The van der Waals surface area contributed by atoms with Crippen LogP contribution in [0, 0.1) is 17.2 Å². The molecule has 0 spiro atoms. The minimum atomic E-state index is -0.212. The van der Waals surface area contributed by atoms with Gasteiger partial charge in [0.05, 0.1) is 23.1 Å². The molecule has 3 rings (SSSR count). The predicted molar refractivity (Wildman–Crippen MR) is 80.3 cm³/mol. The smallest absolute Gasteiger partial charge is 0.225 e. The molecular weight excluding hydrogens is 316 g/mol. The van der Waals surface area contributed by atoms with E-state index in [4.69, 9.17) is 5.26 Å². The van der Waals surface area contributed by atoms with E-state index in [-0.39, 0.29) is 21.7 Å². The van der Waals surface area contributed by atoms with Crippen molar-refractivity contribution in [3.05, 3.63) is 35.4 Å². The fraction of sp³-hybridized carbons (Fsp3) is 0.500. The molecule has 4 heteroatoms. The van der Waals surface area contributed by atoms with Crippen LogP contribution in [-0.2, 0) is 10.3 Å². The summed E-state index contributed by atoms with van der Waals surface area (Å²) in [4.78, 5) is 12.3. The van der Waals surface area contributed by atoms with Crippen LogP contribution < -0.4 is 5.32 Å². The number of nitrogens with zero attached hydrogens (tertiary/aromatic N) is 1. The van der Waals surface area contributed by atoms with Gasteiger partial charge in [-0.3, -0.25) is 4.79 Å². The van der Waals surface area contributed by atoms with Gasteiger partial charge in [0.1, 0.15) is 0 Å². The number of benzene rings is 1. The predicted octanol–water partition coefficient (Wildman–Crippen LogP) is 3.23. The van der Waals surface area contributed by atoms with Gasteiger partial charge < -0.3 is 5.32 Å². The number of amides is 1. The van der Waals surface area contributed by atoms with Crippen molar-refractivity contribution >= 4 is 21.8 Å². The second-order valence-corrected chi connectivity index (χ2v) is 7.96. The van der Waals surface area contributed by atoms with Crippen LogP contribution >= 0.6 is 15.9 Å². The summed E-state index contributed by atoms with van der Waals surface area (Å²) in [6.45, 7) is 2.06. The average Bonchev–Trinajstić information content (AvgIpc) is 3.03. The molecule has 1 N–H and O–H groups in total. The van der Waals surface area contributed by atoms with Crippen LogP contribution in [-0.4, -0.2) is 10.2 Å². The van der Waals surface area contributed by atoms with E-state index in [2.05, 4.69) is 34.2 Å². The first-order valence-corrected chi connectivity index (χ1v) is 7.78. The topological polar surface area (TPSA) is 52.9 Å². The molecular formula is C16H17BrN2O. The molecule has 2 unspecified atom stereocenters. The number of carbonyl (C=O) groups excluding carboxylic acids is 1. The monoisotopic (exact) mass is 332 g/mol. The van der Waals surface area contributed by atoms with Gasteiger partial charge in [0.25, 0.3) is 0 Å². The highest BCUT2D eigenvalue weighted by atomic mass is 79.9. The maximum absolute atomic E-state index is 12.3. The molecule has 20 heavy (non-hydrogen) atoms.